The van der Waals surface area contributed by atoms with Gasteiger partial charge in [-0.1, -0.05) is 90.1 Å². The number of carbonyl (C=O) groups is 4. The van der Waals surface area contributed by atoms with Crippen molar-refractivity contribution in [2.45, 2.75) is 108 Å². The second-order valence-electron chi connectivity index (χ2n) is 20.3. The summed E-state index contributed by atoms with van der Waals surface area (Å²) in [6.07, 6.45) is 16.0. The molecule has 0 fully saturated rings. The second-order valence-corrected chi connectivity index (χ2v) is 22.9. The van der Waals surface area contributed by atoms with E-state index in [1.165, 1.54) is 48.7 Å². The van der Waals surface area contributed by atoms with E-state index in [0.29, 0.717) is 72.6 Å². The molecule has 0 saturated carbocycles. The molecule has 4 amide bonds. The van der Waals surface area contributed by atoms with Crippen molar-refractivity contribution in [2.24, 2.45) is 5.73 Å². The quantitative estimate of drug-likeness (QED) is 0.0421. The highest BCUT2D eigenvalue weighted by Crippen LogP contribution is 2.37. The van der Waals surface area contributed by atoms with Crippen LogP contribution in [0.3, 0.4) is 0 Å². The van der Waals surface area contributed by atoms with Crippen LogP contribution in [0, 0.1) is 12.3 Å². The molecule has 4 aromatic carbocycles. The Balaban J connectivity index is 0.000000233. The van der Waals surface area contributed by atoms with Crippen LogP contribution in [0.4, 0.5) is 19.2 Å². The van der Waals surface area contributed by atoms with Gasteiger partial charge in [0.1, 0.15) is 23.0 Å². The lowest BCUT2D eigenvalue weighted by molar-refractivity contribution is 0.164. The molecule has 0 radical (unpaired) electrons. The number of benzene rings is 4. The molecule has 5 N–H and O–H groups in total. The summed E-state index contributed by atoms with van der Waals surface area (Å²) < 4.78 is 21.5. The number of aryl methyl sites for hydroxylation is 4. The molecule has 0 aromatic heterocycles. The van der Waals surface area contributed by atoms with E-state index < -0.39 is 0 Å². The minimum atomic E-state index is -0.335. The van der Waals surface area contributed by atoms with Crippen molar-refractivity contribution in [3.05, 3.63) is 143 Å². The lowest BCUT2D eigenvalue weighted by atomic mass is 10.1. The number of hydrogen-bond donors (Lipinski definition) is 4. The van der Waals surface area contributed by atoms with Gasteiger partial charge in [0.25, 0.3) is 0 Å². The fourth-order valence-corrected chi connectivity index (χ4v) is 9.62. The average Bonchev–Trinajstić information content (AvgIpc) is 4.32. The first-order valence-corrected chi connectivity index (χ1v) is 31.6. The van der Waals surface area contributed by atoms with Gasteiger partial charge in [-0.25, -0.2) is 19.2 Å². The molecule has 1 unspecified atom stereocenters. The summed E-state index contributed by atoms with van der Waals surface area (Å²) in [5, 5.41) is 12.1. The first-order valence-electron chi connectivity index (χ1n) is 28.5. The number of allylic oxidation sites excluding steroid dienone is 1. The molecular weight excluding hydrogens is 1250 g/mol. The van der Waals surface area contributed by atoms with Crippen molar-refractivity contribution >= 4 is 72.2 Å². The lowest BCUT2D eigenvalue weighted by Gasteiger charge is -2.18. The molecule has 4 aliphatic rings. The third-order valence-electron chi connectivity index (χ3n) is 14.6. The number of amides is 4. The molecule has 0 heterocycles. The molecular formula is C64H87Br3N8O8. The van der Waals surface area contributed by atoms with Crippen LogP contribution in [0.15, 0.2) is 98.1 Å². The zero-order valence-electron chi connectivity index (χ0n) is 49.7. The first kappa shape index (κ1) is 69.8. The van der Waals surface area contributed by atoms with Gasteiger partial charge in [0.05, 0.1) is 6.54 Å². The van der Waals surface area contributed by atoms with E-state index in [-0.39, 0.29) is 36.5 Å². The predicted octanol–water partition coefficient (Wildman–Crippen LogP) is 12.8. The van der Waals surface area contributed by atoms with Gasteiger partial charge in [0.15, 0.2) is 0 Å². The van der Waals surface area contributed by atoms with Crippen molar-refractivity contribution in [2.75, 3.05) is 84.7 Å². The smallest absolute Gasteiger partial charge is 0.410 e. The SMILES string of the molecule is C#CCN[C@@H]1CCc2ccc(OC(=O)N(C)CC)cc21.C=CCBr.C=CCN[C@@H]1CCc2ccc(OC(=O)N(C)CC)cc21.CCN(C)C(=O)Oc1ccc2c(c1)[C@H](N)CC2.CCN(C)C(=O)Oc1ccc2c(c1)[C@H](NCC(Br)CBr)CC2. The van der Waals surface area contributed by atoms with Crippen LogP contribution in [0.1, 0.15) is 122 Å². The highest BCUT2D eigenvalue weighted by molar-refractivity contribution is 9.12. The maximum atomic E-state index is 11.9. The van der Waals surface area contributed by atoms with Crippen LogP contribution in [0.5, 0.6) is 23.0 Å². The van der Waals surface area contributed by atoms with E-state index in [9.17, 15) is 19.2 Å². The van der Waals surface area contributed by atoms with E-state index in [1.54, 1.807) is 44.1 Å². The van der Waals surface area contributed by atoms with Crippen LogP contribution >= 0.6 is 47.8 Å². The largest absolute Gasteiger partial charge is 0.414 e. The van der Waals surface area contributed by atoms with Crippen LogP contribution in [0.2, 0.25) is 0 Å². The Morgan fingerprint density at radius 2 is 0.904 bits per heavy atom. The molecule has 8 rings (SSSR count). The standard InChI is InChI=1S/C16H22Br2N2O2.C16H22N2O2.C16H20N2O2.C13H18N2O2.C3H5Br/c1-3-20(2)16(21)22-13-6-4-11-5-7-15(14(11)8-13)19-10-12(18)9-17;2*1-4-10-17-15-9-7-12-6-8-13(11-14(12)15)20-16(19)18(3)5-2;1-3-15(2)13(16)17-10-6-4-9-5-7-12(14)11(9)8-10;1-2-3-4/h4,6,8,12,15,19H,3,5,7,9-10H2,1-2H3;4,6,8,11,15,17H,1,5,7,9-10H2,2-3H3;1,6,8,11,15,17H,5,7,9-10H2,2-3H3;4,6,8,12H,3,5,7,14H2,1-2H3;2H,1,3H2/t12?,15-;2*15-;12-;/m1111./s1. The molecule has 0 bridgehead atoms. The molecule has 16 nitrogen and oxygen atoms in total. The molecule has 19 heteroatoms. The number of rotatable bonds is 18. The number of terminal acetylenes is 1. The van der Waals surface area contributed by atoms with Gasteiger partial charge < -0.3 is 54.9 Å². The van der Waals surface area contributed by atoms with Crippen molar-refractivity contribution < 1.29 is 38.1 Å². The van der Waals surface area contributed by atoms with Gasteiger partial charge in [0.2, 0.25) is 0 Å². The topological polar surface area (TPSA) is 180 Å². The molecule has 4 aromatic rings. The average molecular weight is 1340 g/mol. The van der Waals surface area contributed by atoms with Crippen molar-refractivity contribution in [3.8, 4) is 35.3 Å². The molecule has 4 aliphatic carbocycles. The summed E-state index contributed by atoms with van der Waals surface area (Å²) in [6, 6.07) is 24.4. The third-order valence-corrected chi connectivity index (χ3v) is 17.4. The Kier molecular flexibility index (Phi) is 31.0. The minimum Gasteiger partial charge on any atom is -0.410 e. The summed E-state index contributed by atoms with van der Waals surface area (Å²) in [6.45, 7) is 19.6. The number of alkyl halides is 3. The number of halogens is 3. The number of hydrogen-bond acceptors (Lipinski definition) is 12. The van der Waals surface area contributed by atoms with Crippen LogP contribution in [0.25, 0.3) is 0 Å². The predicted molar refractivity (Wildman–Crippen MR) is 345 cm³/mol. The maximum absolute atomic E-state index is 11.9. The number of ether oxygens (including phenoxy) is 4. The Morgan fingerprint density at radius 1 is 0.578 bits per heavy atom. The highest BCUT2D eigenvalue weighted by atomic mass is 79.9. The lowest BCUT2D eigenvalue weighted by Crippen LogP contribution is -2.29. The molecule has 83 heavy (non-hydrogen) atoms. The number of fused-ring (bicyclic) bond motifs is 4. The number of carbonyl (C=O) groups excluding carboxylic acids is 4. The van der Waals surface area contributed by atoms with Gasteiger partial charge in [-0.15, -0.1) is 19.6 Å². The van der Waals surface area contributed by atoms with Crippen molar-refractivity contribution in [1.82, 2.24) is 35.6 Å². The van der Waals surface area contributed by atoms with E-state index in [0.717, 1.165) is 80.7 Å². The van der Waals surface area contributed by atoms with E-state index >= 15 is 0 Å². The summed E-state index contributed by atoms with van der Waals surface area (Å²) >= 11 is 10.2. The van der Waals surface area contributed by atoms with Crippen molar-refractivity contribution in [3.63, 3.8) is 0 Å². The first-order chi connectivity index (χ1) is 39.9. The normalized spacial score (nSPS) is 16.6. The van der Waals surface area contributed by atoms with E-state index in [2.05, 4.69) is 95.0 Å². The van der Waals surface area contributed by atoms with Gasteiger partial charge in [-0.3, -0.25) is 5.32 Å². The number of nitrogens with one attached hydrogen (secondary N) is 3. The zero-order chi connectivity index (χ0) is 61.0. The third kappa shape index (κ3) is 22.0. The van der Waals surface area contributed by atoms with E-state index in [4.69, 9.17) is 31.1 Å². The summed E-state index contributed by atoms with van der Waals surface area (Å²) in [4.78, 5) is 53.5. The van der Waals surface area contributed by atoms with Gasteiger partial charge >= 0.3 is 24.4 Å². The number of nitrogens with zero attached hydrogens (tertiary/aromatic N) is 4. The minimum absolute atomic E-state index is 0.0764. The van der Waals surface area contributed by atoms with Gasteiger partial charge in [0, 0.05) is 107 Å². The summed E-state index contributed by atoms with van der Waals surface area (Å²) in [5.74, 6) is 4.98. The Bertz CT molecular complexity index is 2800. The molecule has 5 atom stereocenters. The molecule has 0 aliphatic heterocycles. The monoisotopic (exact) mass is 1330 g/mol. The molecule has 0 spiro atoms. The van der Waals surface area contributed by atoms with E-state index in [1.807, 2.05) is 94.4 Å². The fourth-order valence-electron chi connectivity index (χ4n) is 9.21. The Morgan fingerprint density at radius 3 is 1.23 bits per heavy atom. The maximum Gasteiger partial charge on any atom is 0.414 e. The number of nitrogens with two attached hydrogens (primary N) is 1. The highest BCUT2D eigenvalue weighted by Gasteiger charge is 2.27. The van der Waals surface area contributed by atoms with Gasteiger partial charge in [-0.2, -0.15) is 0 Å². The summed E-state index contributed by atoms with van der Waals surface area (Å²) in [5.41, 5.74) is 16.0. The van der Waals surface area contributed by atoms with Gasteiger partial charge in [-0.05, 0) is 172 Å². The summed E-state index contributed by atoms with van der Waals surface area (Å²) in [7, 11) is 6.88. The molecule has 0 saturated heterocycles. The van der Waals surface area contributed by atoms with Crippen LogP contribution < -0.4 is 40.6 Å². The Hall–Kier alpha value is -5.72. The van der Waals surface area contributed by atoms with Crippen LogP contribution in [-0.4, -0.2) is 133 Å². The Labute approximate surface area is 519 Å². The van der Waals surface area contributed by atoms with Crippen LogP contribution in [-0.2, 0) is 25.7 Å². The second kappa shape index (κ2) is 36.9. The van der Waals surface area contributed by atoms with Crippen molar-refractivity contribution in [1.29, 1.82) is 0 Å². The molecule has 452 valence electrons. The fraction of sp³-hybridized carbons (Fsp3) is 0.469. The zero-order valence-corrected chi connectivity index (χ0v) is 54.5.